The summed E-state index contributed by atoms with van der Waals surface area (Å²) in [5.41, 5.74) is -1.84. The number of amides is 2. The average Bonchev–Trinajstić information content (AvgIpc) is 2.60. The van der Waals surface area contributed by atoms with E-state index in [1.807, 2.05) is 6.92 Å². The molecule has 1 fully saturated rings. The zero-order valence-corrected chi connectivity index (χ0v) is 18.8. The SMILES string of the molecule is CCCC[C@H](NC(=O)OC(C)(C)C)C(=O)N1C[C@@H](CCB(O)O)C[C@](C)(C(=O)O)C1. The second-order valence-electron chi connectivity index (χ2n) is 9.55. The summed E-state index contributed by atoms with van der Waals surface area (Å²) < 4.78 is 5.28. The zero-order valence-electron chi connectivity index (χ0n) is 18.8. The van der Waals surface area contributed by atoms with Gasteiger partial charge < -0.3 is 30.1 Å². The Hall–Kier alpha value is -1.81. The van der Waals surface area contributed by atoms with E-state index in [9.17, 15) is 29.5 Å². The van der Waals surface area contributed by atoms with Crippen molar-refractivity contribution in [2.45, 2.75) is 84.7 Å². The number of hydrogen-bond acceptors (Lipinski definition) is 6. The van der Waals surface area contributed by atoms with Gasteiger partial charge in [0.05, 0.1) is 5.41 Å². The first-order chi connectivity index (χ1) is 13.8. The maximum Gasteiger partial charge on any atom is 0.451 e. The monoisotopic (exact) mass is 428 g/mol. The maximum atomic E-state index is 13.3. The Labute approximate surface area is 179 Å². The summed E-state index contributed by atoms with van der Waals surface area (Å²) in [5.74, 6) is -1.52. The average molecular weight is 428 g/mol. The first-order valence-corrected chi connectivity index (χ1v) is 10.6. The number of carbonyl (C=O) groups is 3. The second-order valence-corrected chi connectivity index (χ2v) is 9.55. The number of ether oxygens (including phenoxy) is 1. The number of carboxylic acid groups (broad SMARTS) is 1. The normalized spacial score (nSPS) is 22.9. The molecular weight excluding hydrogens is 391 g/mol. The number of unbranched alkanes of at least 4 members (excludes halogenated alkanes) is 1. The first-order valence-electron chi connectivity index (χ1n) is 10.6. The largest absolute Gasteiger partial charge is 0.481 e. The Morgan fingerprint density at radius 3 is 2.43 bits per heavy atom. The highest BCUT2D eigenvalue weighted by atomic mass is 16.6. The van der Waals surface area contributed by atoms with E-state index in [1.54, 1.807) is 27.7 Å². The molecule has 30 heavy (non-hydrogen) atoms. The molecule has 0 aromatic heterocycles. The van der Waals surface area contributed by atoms with Crippen LogP contribution in [0.2, 0.25) is 6.32 Å². The van der Waals surface area contributed by atoms with Crippen molar-refractivity contribution < 1.29 is 34.3 Å². The van der Waals surface area contributed by atoms with Crippen LogP contribution in [0.3, 0.4) is 0 Å². The van der Waals surface area contributed by atoms with E-state index in [4.69, 9.17) is 4.74 Å². The van der Waals surface area contributed by atoms with Gasteiger partial charge in [-0.15, -0.1) is 0 Å². The molecule has 1 saturated heterocycles. The molecule has 1 aliphatic heterocycles. The van der Waals surface area contributed by atoms with Crippen molar-refractivity contribution in [3.05, 3.63) is 0 Å². The van der Waals surface area contributed by atoms with Crippen LogP contribution in [0.1, 0.15) is 66.7 Å². The van der Waals surface area contributed by atoms with Crippen LogP contribution >= 0.6 is 0 Å². The summed E-state index contributed by atoms with van der Waals surface area (Å²) >= 11 is 0. The van der Waals surface area contributed by atoms with E-state index in [2.05, 4.69) is 5.32 Å². The number of nitrogens with zero attached hydrogens (tertiary/aromatic N) is 1. The number of rotatable bonds is 9. The molecular formula is C20H37BN2O7. The maximum absolute atomic E-state index is 13.3. The molecule has 2 amide bonds. The van der Waals surface area contributed by atoms with Crippen LogP contribution in [0, 0.1) is 11.3 Å². The van der Waals surface area contributed by atoms with Crippen molar-refractivity contribution in [2.75, 3.05) is 13.1 Å². The van der Waals surface area contributed by atoms with Crippen molar-refractivity contribution in [3.8, 4) is 0 Å². The number of carboxylic acids is 1. The number of nitrogens with one attached hydrogen (secondary N) is 1. The summed E-state index contributed by atoms with van der Waals surface area (Å²) in [6, 6.07) is -0.806. The van der Waals surface area contributed by atoms with Crippen LogP contribution < -0.4 is 5.32 Å². The van der Waals surface area contributed by atoms with E-state index < -0.39 is 36.2 Å². The van der Waals surface area contributed by atoms with Crippen LogP contribution in [-0.2, 0) is 14.3 Å². The molecule has 4 N–H and O–H groups in total. The Morgan fingerprint density at radius 2 is 1.93 bits per heavy atom. The van der Waals surface area contributed by atoms with E-state index in [0.29, 0.717) is 25.8 Å². The fraction of sp³-hybridized carbons (Fsp3) is 0.850. The number of carbonyl (C=O) groups excluding carboxylic acids is 2. The molecule has 0 bridgehead atoms. The summed E-state index contributed by atoms with van der Waals surface area (Å²) in [6.45, 7) is 9.13. The number of piperidine rings is 1. The van der Waals surface area contributed by atoms with Gasteiger partial charge in [-0.1, -0.05) is 26.2 Å². The third-order valence-corrected chi connectivity index (χ3v) is 5.25. The minimum absolute atomic E-state index is 0.0397. The van der Waals surface area contributed by atoms with Crippen molar-refractivity contribution >= 4 is 25.1 Å². The third kappa shape index (κ3) is 8.51. The zero-order chi connectivity index (χ0) is 23.1. The lowest BCUT2D eigenvalue weighted by atomic mass is 9.72. The van der Waals surface area contributed by atoms with Gasteiger partial charge in [0.15, 0.2) is 0 Å². The minimum atomic E-state index is -1.47. The second kappa shape index (κ2) is 11.0. The fourth-order valence-electron chi connectivity index (χ4n) is 3.80. The smallest absolute Gasteiger partial charge is 0.451 e. The molecule has 0 unspecified atom stereocenters. The van der Waals surface area contributed by atoms with Gasteiger partial charge in [0.25, 0.3) is 0 Å². The van der Waals surface area contributed by atoms with Crippen molar-refractivity contribution in [1.82, 2.24) is 10.2 Å². The van der Waals surface area contributed by atoms with Crippen LogP contribution in [-0.4, -0.2) is 69.9 Å². The first kappa shape index (κ1) is 26.2. The molecule has 9 nitrogen and oxygen atoms in total. The highest BCUT2D eigenvalue weighted by molar-refractivity contribution is 6.40. The summed E-state index contributed by atoms with van der Waals surface area (Å²) in [5, 5.41) is 30.7. The van der Waals surface area contributed by atoms with Gasteiger partial charge in [-0.3, -0.25) is 9.59 Å². The van der Waals surface area contributed by atoms with E-state index in [0.717, 1.165) is 12.8 Å². The number of alkyl carbamates (subject to hydrolysis) is 1. The van der Waals surface area contributed by atoms with E-state index in [1.165, 1.54) is 4.90 Å². The summed E-state index contributed by atoms with van der Waals surface area (Å²) in [7, 11) is -1.47. The topological polar surface area (TPSA) is 136 Å². The van der Waals surface area contributed by atoms with Gasteiger partial charge in [0.1, 0.15) is 11.6 Å². The standard InChI is InChI=1S/C20H37BN2O7/c1-6-7-8-15(22-18(27)30-19(2,3)4)16(24)23-12-14(9-10-21(28)29)11-20(5,13-23)17(25)26/h14-15,28-29H,6-13H2,1-5H3,(H,22,27)(H,25,26)/t14-,15-,20-/m0/s1. The molecule has 1 heterocycles. The van der Waals surface area contributed by atoms with Crippen molar-refractivity contribution in [3.63, 3.8) is 0 Å². The number of likely N-dealkylation sites (tertiary alicyclic amines) is 1. The fourth-order valence-corrected chi connectivity index (χ4v) is 3.80. The molecule has 172 valence electrons. The van der Waals surface area contributed by atoms with Crippen LogP contribution in [0.15, 0.2) is 0 Å². The van der Waals surface area contributed by atoms with Crippen LogP contribution in [0.5, 0.6) is 0 Å². The van der Waals surface area contributed by atoms with E-state index in [-0.39, 0.29) is 24.7 Å². The third-order valence-electron chi connectivity index (χ3n) is 5.25. The Morgan fingerprint density at radius 1 is 1.30 bits per heavy atom. The van der Waals surface area contributed by atoms with Crippen molar-refractivity contribution in [2.24, 2.45) is 11.3 Å². The van der Waals surface area contributed by atoms with E-state index >= 15 is 0 Å². The summed E-state index contributed by atoms with van der Waals surface area (Å²) in [6.07, 6.45) is 2.14. The Bertz CT molecular complexity index is 608. The molecule has 0 aliphatic carbocycles. The molecule has 0 radical (unpaired) electrons. The molecule has 0 saturated carbocycles. The van der Waals surface area contributed by atoms with Crippen molar-refractivity contribution in [1.29, 1.82) is 0 Å². The molecule has 10 heteroatoms. The molecule has 0 aromatic rings. The highest BCUT2D eigenvalue weighted by Crippen LogP contribution is 2.36. The van der Waals surface area contributed by atoms with Gasteiger partial charge in [-0.2, -0.15) is 0 Å². The highest BCUT2D eigenvalue weighted by Gasteiger charge is 2.44. The predicted octanol–water partition coefficient (Wildman–Crippen LogP) is 1.87. The molecule has 1 rings (SSSR count). The van der Waals surface area contributed by atoms with Gasteiger partial charge >= 0.3 is 19.2 Å². The summed E-state index contributed by atoms with van der Waals surface area (Å²) in [4.78, 5) is 38.9. The lowest BCUT2D eigenvalue weighted by Gasteiger charge is -2.43. The minimum Gasteiger partial charge on any atom is -0.481 e. The van der Waals surface area contributed by atoms with Gasteiger partial charge in [-0.05, 0) is 52.8 Å². The number of hydrogen-bond donors (Lipinski definition) is 4. The van der Waals surface area contributed by atoms with Gasteiger partial charge in [-0.25, -0.2) is 4.79 Å². The van der Waals surface area contributed by atoms with Crippen LogP contribution in [0.25, 0.3) is 0 Å². The lowest BCUT2D eigenvalue weighted by Crippen LogP contribution is -2.57. The number of aliphatic carboxylic acids is 1. The van der Waals surface area contributed by atoms with Gasteiger partial charge in [0.2, 0.25) is 5.91 Å². The Balaban J connectivity index is 2.99. The van der Waals surface area contributed by atoms with Crippen LogP contribution in [0.4, 0.5) is 4.79 Å². The molecule has 1 aliphatic rings. The quantitative estimate of drug-likeness (QED) is 0.412. The predicted molar refractivity (Wildman–Crippen MR) is 113 cm³/mol. The molecule has 3 atom stereocenters. The molecule has 0 aromatic carbocycles. The van der Waals surface area contributed by atoms with Gasteiger partial charge in [0, 0.05) is 13.1 Å². The lowest BCUT2D eigenvalue weighted by molar-refractivity contribution is -0.156. The molecule has 0 spiro atoms. The Kier molecular flexibility index (Phi) is 9.61.